The van der Waals surface area contributed by atoms with Gasteiger partial charge in [0.05, 0.1) is 10.8 Å². The summed E-state index contributed by atoms with van der Waals surface area (Å²) in [5.74, 6) is -1.69. The van der Waals surface area contributed by atoms with Gasteiger partial charge in [0.25, 0.3) is 5.69 Å². The largest absolute Gasteiger partial charge is 0.481 e. The molecule has 1 atom stereocenters. The number of aliphatic carboxylic acids is 1. The molecule has 0 aliphatic heterocycles. The first-order valence-electron chi connectivity index (χ1n) is 6.28. The summed E-state index contributed by atoms with van der Waals surface area (Å²) in [6.45, 7) is 0. The zero-order chi connectivity index (χ0) is 14.0. The van der Waals surface area contributed by atoms with Gasteiger partial charge in [-0.25, -0.2) is 0 Å². The van der Waals surface area contributed by atoms with Gasteiger partial charge in [0, 0.05) is 6.07 Å². The lowest BCUT2D eigenvalue weighted by molar-refractivity contribution is -0.384. The molecule has 0 spiro atoms. The van der Waals surface area contributed by atoms with Gasteiger partial charge >= 0.3 is 5.97 Å². The second-order valence-corrected chi connectivity index (χ2v) is 4.90. The first kappa shape index (κ1) is 13.3. The van der Waals surface area contributed by atoms with Crippen molar-refractivity contribution in [3.63, 3.8) is 0 Å². The zero-order valence-corrected chi connectivity index (χ0v) is 10.4. The van der Waals surface area contributed by atoms with Gasteiger partial charge in [-0.3, -0.25) is 14.9 Å². The molecule has 0 radical (unpaired) electrons. The molecule has 0 aromatic heterocycles. The Bertz CT molecular complexity index is 509. The van der Waals surface area contributed by atoms with E-state index in [1.165, 1.54) is 12.1 Å². The highest BCUT2D eigenvalue weighted by molar-refractivity contribution is 5.81. The molecule has 1 saturated carbocycles. The maximum absolute atomic E-state index is 11.5. The summed E-state index contributed by atoms with van der Waals surface area (Å²) in [6.07, 6.45) is 3.67. The predicted octanol–water partition coefficient (Wildman–Crippen LogP) is 2.54. The van der Waals surface area contributed by atoms with Crippen LogP contribution < -0.4 is 5.73 Å². The van der Waals surface area contributed by atoms with Crippen molar-refractivity contribution in [2.75, 3.05) is 5.73 Å². The highest BCUT2D eigenvalue weighted by Crippen LogP contribution is 2.41. The molecule has 1 aromatic carbocycles. The van der Waals surface area contributed by atoms with Crippen LogP contribution in [0.1, 0.15) is 37.2 Å². The number of nitro groups is 1. The third-order valence-corrected chi connectivity index (χ3v) is 3.79. The number of hydrogen-bond acceptors (Lipinski definition) is 4. The van der Waals surface area contributed by atoms with Crippen LogP contribution in [0.3, 0.4) is 0 Å². The van der Waals surface area contributed by atoms with Crippen molar-refractivity contribution in [2.24, 2.45) is 5.92 Å². The van der Waals surface area contributed by atoms with Gasteiger partial charge in [-0.15, -0.1) is 0 Å². The third kappa shape index (κ3) is 2.52. The molecule has 102 valence electrons. The molecule has 1 aliphatic carbocycles. The van der Waals surface area contributed by atoms with Crippen molar-refractivity contribution in [1.82, 2.24) is 0 Å². The van der Waals surface area contributed by atoms with Crippen LogP contribution >= 0.6 is 0 Å². The van der Waals surface area contributed by atoms with E-state index in [1.807, 2.05) is 0 Å². The van der Waals surface area contributed by atoms with E-state index >= 15 is 0 Å². The number of hydrogen-bond donors (Lipinski definition) is 2. The average molecular weight is 264 g/mol. The van der Waals surface area contributed by atoms with Crippen LogP contribution in [0, 0.1) is 16.0 Å². The van der Waals surface area contributed by atoms with Gasteiger partial charge in [-0.1, -0.05) is 25.0 Å². The number of nitrogens with zero attached hydrogens (tertiary/aromatic N) is 1. The van der Waals surface area contributed by atoms with Crippen LogP contribution in [-0.4, -0.2) is 16.0 Å². The number of carboxylic acid groups (broad SMARTS) is 1. The van der Waals surface area contributed by atoms with E-state index in [1.54, 1.807) is 6.07 Å². The Morgan fingerprint density at radius 2 is 2.05 bits per heavy atom. The Labute approximate surface area is 110 Å². The maximum Gasteiger partial charge on any atom is 0.311 e. The van der Waals surface area contributed by atoms with E-state index < -0.39 is 16.8 Å². The molecule has 1 aliphatic rings. The van der Waals surface area contributed by atoms with Crippen molar-refractivity contribution in [2.45, 2.75) is 31.6 Å². The minimum atomic E-state index is -0.959. The summed E-state index contributed by atoms with van der Waals surface area (Å²) in [5, 5.41) is 20.3. The topological polar surface area (TPSA) is 106 Å². The molecule has 0 heterocycles. The number of para-hydroxylation sites is 1. The normalized spacial score (nSPS) is 17.3. The number of carbonyl (C=O) groups is 1. The van der Waals surface area contributed by atoms with Gasteiger partial charge in [-0.05, 0) is 24.3 Å². The lowest BCUT2D eigenvalue weighted by Crippen LogP contribution is -2.21. The Balaban J connectivity index is 2.44. The van der Waals surface area contributed by atoms with Crippen LogP contribution in [0.15, 0.2) is 18.2 Å². The number of nitro benzene ring substituents is 1. The predicted molar refractivity (Wildman–Crippen MR) is 69.8 cm³/mol. The third-order valence-electron chi connectivity index (χ3n) is 3.79. The van der Waals surface area contributed by atoms with Gasteiger partial charge in [-0.2, -0.15) is 0 Å². The summed E-state index contributed by atoms with van der Waals surface area (Å²) in [5.41, 5.74) is 5.91. The molecule has 6 heteroatoms. The minimum Gasteiger partial charge on any atom is -0.481 e. The summed E-state index contributed by atoms with van der Waals surface area (Å²) in [6, 6.07) is 4.38. The number of benzene rings is 1. The second-order valence-electron chi connectivity index (χ2n) is 4.90. The van der Waals surface area contributed by atoms with Crippen LogP contribution in [-0.2, 0) is 4.79 Å². The van der Waals surface area contributed by atoms with Crippen molar-refractivity contribution in [3.05, 3.63) is 33.9 Å². The summed E-state index contributed by atoms with van der Waals surface area (Å²) < 4.78 is 0. The van der Waals surface area contributed by atoms with Gasteiger partial charge in [0.1, 0.15) is 5.69 Å². The van der Waals surface area contributed by atoms with E-state index in [-0.39, 0.29) is 17.3 Å². The number of anilines is 1. The second kappa shape index (κ2) is 5.26. The SMILES string of the molecule is Nc1c(C(C(=O)O)C2CCCC2)cccc1[N+](=O)[O-]. The number of nitrogens with two attached hydrogens (primary N) is 1. The van der Waals surface area contributed by atoms with Gasteiger partial charge in [0.15, 0.2) is 0 Å². The molecule has 1 unspecified atom stereocenters. The molecule has 1 aromatic rings. The lowest BCUT2D eigenvalue weighted by Gasteiger charge is -2.20. The van der Waals surface area contributed by atoms with Crippen molar-refractivity contribution < 1.29 is 14.8 Å². The fraction of sp³-hybridized carbons (Fsp3) is 0.462. The van der Waals surface area contributed by atoms with E-state index in [0.29, 0.717) is 5.56 Å². The van der Waals surface area contributed by atoms with Crippen LogP contribution in [0.25, 0.3) is 0 Å². The zero-order valence-electron chi connectivity index (χ0n) is 10.4. The monoisotopic (exact) mass is 264 g/mol. The van der Waals surface area contributed by atoms with Crippen LogP contribution in [0.4, 0.5) is 11.4 Å². The molecule has 2 rings (SSSR count). The van der Waals surface area contributed by atoms with Crippen molar-refractivity contribution >= 4 is 17.3 Å². The first-order chi connectivity index (χ1) is 9.02. The van der Waals surface area contributed by atoms with Crippen LogP contribution in [0.2, 0.25) is 0 Å². The highest BCUT2D eigenvalue weighted by Gasteiger charge is 2.34. The lowest BCUT2D eigenvalue weighted by atomic mass is 9.84. The molecule has 19 heavy (non-hydrogen) atoms. The molecule has 0 bridgehead atoms. The Hall–Kier alpha value is -2.11. The van der Waals surface area contributed by atoms with E-state index in [2.05, 4.69) is 0 Å². The fourth-order valence-corrected chi connectivity index (χ4v) is 2.88. The summed E-state index contributed by atoms with van der Waals surface area (Å²) >= 11 is 0. The van der Waals surface area contributed by atoms with Gasteiger partial charge in [0.2, 0.25) is 0 Å². The number of carboxylic acids is 1. The standard InChI is InChI=1S/C13H16N2O4/c14-12-9(6-3-7-10(12)15(18)19)11(13(16)17)8-4-1-2-5-8/h3,6-8,11H,1-2,4-5,14H2,(H,16,17). The van der Waals surface area contributed by atoms with Crippen molar-refractivity contribution in [1.29, 1.82) is 0 Å². The Morgan fingerprint density at radius 1 is 1.42 bits per heavy atom. The highest BCUT2D eigenvalue weighted by atomic mass is 16.6. The molecule has 3 N–H and O–H groups in total. The smallest absolute Gasteiger partial charge is 0.311 e. The number of nitrogen functional groups attached to an aromatic ring is 1. The fourth-order valence-electron chi connectivity index (χ4n) is 2.88. The van der Waals surface area contributed by atoms with Crippen LogP contribution in [0.5, 0.6) is 0 Å². The Morgan fingerprint density at radius 3 is 2.58 bits per heavy atom. The quantitative estimate of drug-likeness (QED) is 0.493. The van der Waals surface area contributed by atoms with E-state index in [0.717, 1.165) is 25.7 Å². The average Bonchev–Trinajstić information content (AvgIpc) is 2.84. The maximum atomic E-state index is 11.5. The molecule has 6 nitrogen and oxygen atoms in total. The Kier molecular flexibility index (Phi) is 3.69. The molecule has 0 amide bonds. The van der Waals surface area contributed by atoms with Crippen molar-refractivity contribution in [3.8, 4) is 0 Å². The first-order valence-corrected chi connectivity index (χ1v) is 6.28. The van der Waals surface area contributed by atoms with E-state index in [9.17, 15) is 20.0 Å². The molecular formula is C13H16N2O4. The molecular weight excluding hydrogens is 248 g/mol. The van der Waals surface area contributed by atoms with E-state index in [4.69, 9.17) is 5.73 Å². The molecule has 0 saturated heterocycles. The van der Waals surface area contributed by atoms with Gasteiger partial charge < -0.3 is 10.8 Å². The summed E-state index contributed by atoms with van der Waals surface area (Å²) in [7, 11) is 0. The molecule has 1 fully saturated rings. The summed E-state index contributed by atoms with van der Waals surface area (Å²) in [4.78, 5) is 21.8. The minimum absolute atomic E-state index is 0.0156. The number of rotatable bonds is 4.